The van der Waals surface area contributed by atoms with Crippen LogP contribution in [-0.2, 0) is 32.0 Å². The molecule has 1 atom stereocenters. The number of ether oxygens (including phenoxy) is 3. The molecule has 2 aliphatic heterocycles. The molecule has 0 bridgehead atoms. The zero-order valence-electron chi connectivity index (χ0n) is 19.3. The van der Waals surface area contributed by atoms with Gasteiger partial charge in [0.1, 0.15) is 27.3 Å². The largest absolute Gasteiger partial charge is 0.468 e. The van der Waals surface area contributed by atoms with Crippen molar-refractivity contribution >= 4 is 55.3 Å². The summed E-state index contributed by atoms with van der Waals surface area (Å²) in [6.45, 7) is 9.80. The first-order valence-electron chi connectivity index (χ1n) is 11.2. The third-order valence-corrected chi connectivity index (χ3v) is 8.72. The topological polar surface area (TPSA) is 86.7 Å². The average molecular weight is 489 g/mol. The van der Waals surface area contributed by atoms with Gasteiger partial charge < -0.3 is 19.1 Å². The van der Waals surface area contributed by atoms with Crippen molar-refractivity contribution in [1.82, 2.24) is 15.0 Å². The molecule has 5 rings (SSSR count). The molecule has 3 aromatic rings. The van der Waals surface area contributed by atoms with E-state index in [0.29, 0.717) is 26.2 Å². The zero-order valence-corrected chi connectivity index (χ0v) is 21.0. The van der Waals surface area contributed by atoms with Crippen LogP contribution in [0.25, 0.3) is 20.4 Å². The van der Waals surface area contributed by atoms with E-state index in [4.69, 9.17) is 19.2 Å². The van der Waals surface area contributed by atoms with Crippen molar-refractivity contribution < 1.29 is 19.0 Å². The molecule has 1 fully saturated rings. The molecular formula is C23H28N4O4S2. The summed E-state index contributed by atoms with van der Waals surface area (Å²) >= 11 is 3.04. The maximum Gasteiger partial charge on any atom is 0.319 e. The normalized spacial score (nSPS) is 19.0. The van der Waals surface area contributed by atoms with Crippen LogP contribution in [0, 0.1) is 0 Å². The summed E-state index contributed by atoms with van der Waals surface area (Å²) in [6, 6.07) is 0. The Labute approximate surface area is 201 Å². The molecule has 5 heterocycles. The van der Waals surface area contributed by atoms with E-state index in [0.717, 1.165) is 56.4 Å². The maximum absolute atomic E-state index is 12.2. The van der Waals surface area contributed by atoms with E-state index in [2.05, 4.69) is 28.7 Å². The molecule has 176 valence electrons. The SMILES string of the molecule is CCC(Sc1ncnc2c1sc1nc(N3CCOCC3)c3c(c12)CC(C)(C)OC3)C(=O)OC. The van der Waals surface area contributed by atoms with E-state index < -0.39 is 0 Å². The second kappa shape index (κ2) is 8.98. The van der Waals surface area contributed by atoms with Crippen LogP contribution in [0.15, 0.2) is 11.4 Å². The predicted octanol–water partition coefficient (Wildman–Crippen LogP) is 3.97. The van der Waals surface area contributed by atoms with Crippen LogP contribution in [0.4, 0.5) is 5.82 Å². The zero-order chi connectivity index (χ0) is 23.2. The van der Waals surface area contributed by atoms with Crippen molar-refractivity contribution in [1.29, 1.82) is 0 Å². The highest BCUT2D eigenvalue weighted by atomic mass is 32.2. The molecule has 0 amide bonds. The van der Waals surface area contributed by atoms with E-state index in [1.165, 1.54) is 24.4 Å². The van der Waals surface area contributed by atoms with Crippen molar-refractivity contribution in [3.05, 3.63) is 17.5 Å². The number of methoxy groups -OCH3 is 1. The van der Waals surface area contributed by atoms with Gasteiger partial charge >= 0.3 is 5.97 Å². The molecule has 0 aliphatic carbocycles. The molecular weight excluding hydrogens is 460 g/mol. The van der Waals surface area contributed by atoms with E-state index >= 15 is 0 Å². The minimum atomic E-state index is -0.309. The van der Waals surface area contributed by atoms with Crippen molar-refractivity contribution in [2.75, 3.05) is 38.3 Å². The first kappa shape index (κ1) is 22.8. The van der Waals surface area contributed by atoms with E-state index in [9.17, 15) is 4.79 Å². The first-order chi connectivity index (χ1) is 15.9. The number of rotatable bonds is 5. The molecule has 8 nitrogen and oxygen atoms in total. The molecule has 0 saturated carbocycles. The van der Waals surface area contributed by atoms with Gasteiger partial charge in [-0.1, -0.05) is 18.7 Å². The Morgan fingerprint density at radius 2 is 2.09 bits per heavy atom. The Morgan fingerprint density at radius 3 is 2.82 bits per heavy atom. The number of esters is 1. The Bertz CT molecular complexity index is 1210. The van der Waals surface area contributed by atoms with Gasteiger partial charge in [0.05, 0.1) is 42.7 Å². The molecule has 10 heteroatoms. The second-order valence-electron chi connectivity index (χ2n) is 8.89. The number of fused-ring (bicyclic) bond motifs is 5. The Kier molecular flexibility index (Phi) is 6.19. The summed E-state index contributed by atoms with van der Waals surface area (Å²) in [4.78, 5) is 29.8. The van der Waals surface area contributed by atoms with Crippen molar-refractivity contribution in [3.63, 3.8) is 0 Å². The minimum Gasteiger partial charge on any atom is -0.468 e. The van der Waals surface area contributed by atoms with Crippen molar-refractivity contribution in [3.8, 4) is 0 Å². The van der Waals surface area contributed by atoms with Crippen LogP contribution in [0.2, 0.25) is 0 Å². The van der Waals surface area contributed by atoms with Gasteiger partial charge in [0.2, 0.25) is 0 Å². The number of hydrogen-bond donors (Lipinski definition) is 0. The van der Waals surface area contributed by atoms with E-state index in [1.54, 1.807) is 17.7 Å². The smallest absolute Gasteiger partial charge is 0.319 e. The number of thiophene rings is 1. The number of carbonyl (C=O) groups excluding carboxylic acids is 1. The van der Waals surface area contributed by atoms with Crippen molar-refractivity contribution in [2.45, 2.75) is 56.1 Å². The molecule has 2 aliphatic rings. The summed E-state index contributed by atoms with van der Waals surface area (Å²) in [7, 11) is 1.42. The second-order valence-corrected chi connectivity index (χ2v) is 11.1. The fourth-order valence-electron chi connectivity index (χ4n) is 4.45. The number of morpholine rings is 1. The first-order valence-corrected chi connectivity index (χ1v) is 12.9. The van der Waals surface area contributed by atoms with Gasteiger partial charge in [-0.2, -0.15) is 0 Å². The highest BCUT2D eigenvalue weighted by Crippen LogP contribution is 2.45. The van der Waals surface area contributed by atoms with Gasteiger partial charge in [-0.05, 0) is 25.8 Å². The Hall–Kier alpha value is -2.01. The van der Waals surface area contributed by atoms with Crippen LogP contribution in [-0.4, -0.2) is 65.2 Å². The molecule has 0 radical (unpaired) electrons. The molecule has 1 saturated heterocycles. The highest BCUT2D eigenvalue weighted by molar-refractivity contribution is 8.00. The average Bonchev–Trinajstić information content (AvgIpc) is 3.21. The van der Waals surface area contributed by atoms with Gasteiger partial charge in [0.15, 0.2) is 0 Å². The monoisotopic (exact) mass is 488 g/mol. The number of hydrogen-bond acceptors (Lipinski definition) is 10. The van der Waals surface area contributed by atoms with Gasteiger partial charge in [0.25, 0.3) is 0 Å². The number of nitrogens with zero attached hydrogens (tertiary/aromatic N) is 4. The van der Waals surface area contributed by atoms with Gasteiger partial charge in [0, 0.05) is 30.5 Å². The summed E-state index contributed by atoms with van der Waals surface area (Å²) in [5, 5.41) is 1.58. The minimum absolute atomic E-state index is 0.237. The number of anilines is 1. The molecule has 0 N–H and O–H groups in total. The fraction of sp³-hybridized carbons (Fsp3) is 0.565. The van der Waals surface area contributed by atoms with Crippen LogP contribution >= 0.6 is 23.1 Å². The summed E-state index contributed by atoms with van der Waals surface area (Å²) in [5.74, 6) is 0.755. The third kappa shape index (κ3) is 4.18. The lowest BCUT2D eigenvalue weighted by molar-refractivity contribution is -0.140. The van der Waals surface area contributed by atoms with Gasteiger partial charge in [-0.25, -0.2) is 15.0 Å². The van der Waals surface area contributed by atoms with Crippen LogP contribution in [0.1, 0.15) is 38.3 Å². The maximum atomic E-state index is 12.2. The summed E-state index contributed by atoms with van der Waals surface area (Å²) in [5.41, 5.74) is 3.05. The van der Waals surface area contributed by atoms with Crippen molar-refractivity contribution in [2.24, 2.45) is 0 Å². The predicted molar refractivity (Wildman–Crippen MR) is 130 cm³/mol. The molecule has 1 unspecified atom stereocenters. The lowest BCUT2D eigenvalue weighted by Crippen LogP contribution is -2.39. The Morgan fingerprint density at radius 1 is 1.30 bits per heavy atom. The number of pyridine rings is 1. The van der Waals surface area contributed by atoms with E-state index in [-0.39, 0.29) is 16.8 Å². The lowest BCUT2D eigenvalue weighted by Gasteiger charge is -2.36. The molecule has 0 spiro atoms. The standard InChI is InChI=1S/C23H28N4O4S2/c1-5-15(22(28)29-4)32-21-18-17(24-12-25-21)16-13-10-23(2,3)31-11-14(13)19(26-20(16)33-18)27-6-8-30-9-7-27/h12,15H,5-11H2,1-4H3. The van der Waals surface area contributed by atoms with Gasteiger partial charge in [-0.15, -0.1) is 11.3 Å². The molecule has 33 heavy (non-hydrogen) atoms. The van der Waals surface area contributed by atoms with Crippen LogP contribution < -0.4 is 4.90 Å². The fourth-order valence-corrected chi connectivity index (χ4v) is 6.70. The number of carbonyl (C=O) groups is 1. The molecule has 3 aromatic heterocycles. The van der Waals surface area contributed by atoms with E-state index in [1.807, 2.05) is 6.92 Å². The Balaban J connectivity index is 1.70. The van der Waals surface area contributed by atoms with Crippen LogP contribution in [0.3, 0.4) is 0 Å². The summed E-state index contributed by atoms with van der Waals surface area (Å²) < 4.78 is 17.7. The highest BCUT2D eigenvalue weighted by Gasteiger charge is 2.33. The molecule has 0 aromatic carbocycles. The number of thioether (sulfide) groups is 1. The van der Waals surface area contributed by atoms with Gasteiger partial charge in [-0.3, -0.25) is 4.79 Å². The quantitative estimate of drug-likeness (QED) is 0.301. The third-order valence-electron chi connectivity index (χ3n) is 6.17. The number of aromatic nitrogens is 3. The summed E-state index contributed by atoms with van der Waals surface area (Å²) in [6.07, 6.45) is 3.04. The van der Waals surface area contributed by atoms with Crippen LogP contribution in [0.5, 0.6) is 0 Å². The lowest BCUT2D eigenvalue weighted by atomic mass is 9.90.